The molecule has 1 aromatic heterocycles. The first-order chi connectivity index (χ1) is 11.2. The van der Waals surface area contributed by atoms with E-state index in [1.165, 1.54) is 21.8 Å². The molecular formula is C20H22N2O. The van der Waals surface area contributed by atoms with Crippen molar-refractivity contribution >= 4 is 33.3 Å². The van der Waals surface area contributed by atoms with Crippen LogP contribution >= 0.6 is 0 Å². The first kappa shape index (κ1) is 15.5. The number of para-hydroxylation sites is 1. The quantitative estimate of drug-likeness (QED) is 0.666. The third kappa shape index (κ3) is 2.81. The van der Waals surface area contributed by atoms with Crippen LogP contribution in [-0.4, -0.2) is 36.0 Å². The van der Waals surface area contributed by atoms with Crippen LogP contribution in [0.4, 0.5) is 0 Å². The van der Waals surface area contributed by atoms with Crippen molar-refractivity contribution in [3.63, 3.8) is 0 Å². The standard InChI is InChI=1S/C20H22N2O/c1-4-11-22-19-8-6-5-7-17(19)18-12-15(9-10-20(18)22)16(14-23)13-21(2)3/h5-10,12H,4,11,13H2,1-3H3. The zero-order valence-corrected chi connectivity index (χ0v) is 14.0. The van der Waals surface area contributed by atoms with E-state index in [1.54, 1.807) is 0 Å². The van der Waals surface area contributed by atoms with Gasteiger partial charge in [-0.05, 0) is 44.3 Å². The van der Waals surface area contributed by atoms with Gasteiger partial charge in [0.05, 0.1) is 5.57 Å². The molecule has 0 fully saturated rings. The van der Waals surface area contributed by atoms with Gasteiger partial charge in [0.2, 0.25) is 0 Å². The van der Waals surface area contributed by atoms with Crippen molar-refractivity contribution in [2.24, 2.45) is 0 Å². The van der Waals surface area contributed by atoms with Crippen LogP contribution in [0.1, 0.15) is 18.9 Å². The smallest absolute Gasteiger partial charge is 0.129 e. The third-order valence-corrected chi connectivity index (χ3v) is 4.17. The second-order valence-electron chi connectivity index (χ2n) is 6.22. The van der Waals surface area contributed by atoms with Crippen LogP contribution in [-0.2, 0) is 11.3 Å². The summed E-state index contributed by atoms with van der Waals surface area (Å²) in [5.74, 6) is 2.11. The van der Waals surface area contributed by atoms with E-state index in [0.717, 1.165) is 18.5 Å². The molecule has 0 unspecified atom stereocenters. The lowest BCUT2D eigenvalue weighted by Crippen LogP contribution is -2.14. The molecule has 0 saturated heterocycles. The van der Waals surface area contributed by atoms with Gasteiger partial charge in [0.25, 0.3) is 0 Å². The predicted molar refractivity (Wildman–Crippen MR) is 97.4 cm³/mol. The molecule has 0 aliphatic rings. The van der Waals surface area contributed by atoms with Crippen molar-refractivity contribution in [3.05, 3.63) is 48.0 Å². The van der Waals surface area contributed by atoms with Crippen molar-refractivity contribution in [1.82, 2.24) is 9.47 Å². The minimum atomic E-state index is 0.600. The van der Waals surface area contributed by atoms with Crippen LogP contribution in [0.15, 0.2) is 42.5 Å². The van der Waals surface area contributed by atoms with E-state index < -0.39 is 0 Å². The minimum absolute atomic E-state index is 0.600. The fraction of sp³-hybridized carbons (Fsp3) is 0.300. The van der Waals surface area contributed by atoms with E-state index in [1.807, 2.05) is 25.1 Å². The largest absolute Gasteiger partial charge is 0.340 e. The van der Waals surface area contributed by atoms with Crippen LogP contribution in [0.3, 0.4) is 0 Å². The molecule has 0 atom stereocenters. The SMILES string of the molecule is CCCn1c2ccccc2c2cc(C(=C=O)CN(C)C)ccc21. The fourth-order valence-electron chi connectivity index (χ4n) is 3.20. The van der Waals surface area contributed by atoms with E-state index >= 15 is 0 Å². The van der Waals surface area contributed by atoms with E-state index in [0.29, 0.717) is 12.1 Å². The number of nitrogens with zero attached hydrogens (tertiary/aromatic N) is 2. The molecule has 0 amide bonds. The number of rotatable bonds is 5. The Morgan fingerprint density at radius 2 is 1.83 bits per heavy atom. The van der Waals surface area contributed by atoms with Crippen LogP contribution in [0.25, 0.3) is 27.4 Å². The lowest BCUT2D eigenvalue weighted by atomic mass is 10.0. The first-order valence-electron chi connectivity index (χ1n) is 8.05. The summed E-state index contributed by atoms with van der Waals surface area (Å²) in [5, 5.41) is 2.45. The maximum Gasteiger partial charge on any atom is 0.129 e. The molecule has 3 aromatic rings. The summed E-state index contributed by atoms with van der Waals surface area (Å²) in [4.78, 5) is 13.3. The summed E-state index contributed by atoms with van der Waals surface area (Å²) < 4.78 is 2.37. The number of likely N-dealkylation sites (N-methyl/N-ethyl adjacent to an activating group) is 1. The fourth-order valence-corrected chi connectivity index (χ4v) is 3.20. The normalized spacial score (nSPS) is 11.3. The Bertz CT molecular complexity index is 899. The number of hydrogen-bond donors (Lipinski definition) is 0. The highest BCUT2D eigenvalue weighted by Crippen LogP contribution is 2.31. The molecule has 0 spiro atoms. The highest BCUT2D eigenvalue weighted by Gasteiger charge is 2.12. The van der Waals surface area contributed by atoms with Gasteiger partial charge >= 0.3 is 0 Å². The first-order valence-corrected chi connectivity index (χ1v) is 8.05. The van der Waals surface area contributed by atoms with Gasteiger partial charge in [0.15, 0.2) is 0 Å². The number of hydrogen-bond acceptors (Lipinski definition) is 2. The second-order valence-corrected chi connectivity index (χ2v) is 6.22. The average molecular weight is 306 g/mol. The Kier molecular flexibility index (Phi) is 4.33. The van der Waals surface area contributed by atoms with E-state index in [-0.39, 0.29) is 0 Å². The summed E-state index contributed by atoms with van der Waals surface area (Å²) in [5.41, 5.74) is 4.14. The molecule has 0 aliphatic heterocycles. The van der Waals surface area contributed by atoms with E-state index in [2.05, 4.69) is 53.8 Å². The summed E-state index contributed by atoms with van der Waals surface area (Å²) in [6.45, 7) is 3.79. The highest BCUT2D eigenvalue weighted by molar-refractivity contribution is 6.09. The molecule has 3 rings (SSSR count). The highest BCUT2D eigenvalue weighted by atomic mass is 16.1. The molecule has 1 heterocycles. The van der Waals surface area contributed by atoms with Crippen molar-refractivity contribution < 1.29 is 4.79 Å². The number of fused-ring (bicyclic) bond motifs is 3. The van der Waals surface area contributed by atoms with Crippen molar-refractivity contribution in [2.45, 2.75) is 19.9 Å². The monoisotopic (exact) mass is 306 g/mol. The third-order valence-electron chi connectivity index (χ3n) is 4.17. The van der Waals surface area contributed by atoms with Crippen molar-refractivity contribution in [2.75, 3.05) is 20.6 Å². The number of aryl methyl sites for hydroxylation is 1. The number of benzene rings is 2. The Morgan fingerprint density at radius 3 is 2.52 bits per heavy atom. The molecule has 0 aliphatic carbocycles. The van der Waals surface area contributed by atoms with Gasteiger partial charge in [0.1, 0.15) is 5.94 Å². The molecule has 0 radical (unpaired) electrons. The maximum atomic E-state index is 11.4. The van der Waals surface area contributed by atoms with Gasteiger partial charge < -0.3 is 9.47 Å². The summed E-state index contributed by atoms with van der Waals surface area (Å²) >= 11 is 0. The Morgan fingerprint density at radius 1 is 1.09 bits per heavy atom. The van der Waals surface area contributed by atoms with Gasteiger partial charge in [-0.2, -0.15) is 0 Å². The maximum absolute atomic E-state index is 11.4. The van der Waals surface area contributed by atoms with Gasteiger partial charge in [-0.3, -0.25) is 0 Å². The van der Waals surface area contributed by atoms with Gasteiger partial charge in [-0.25, -0.2) is 4.79 Å². The summed E-state index contributed by atoms with van der Waals surface area (Å²) in [7, 11) is 3.92. The predicted octanol–water partition coefficient (Wildman–Crippen LogP) is 3.98. The molecule has 0 bridgehead atoms. The van der Waals surface area contributed by atoms with E-state index in [9.17, 15) is 4.79 Å². The summed E-state index contributed by atoms with van der Waals surface area (Å²) in [6, 6.07) is 14.8. The average Bonchev–Trinajstić information content (AvgIpc) is 2.87. The van der Waals surface area contributed by atoms with Crippen LogP contribution in [0.5, 0.6) is 0 Å². The Labute approximate surface area is 136 Å². The molecule has 0 N–H and O–H groups in total. The van der Waals surface area contributed by atoms with Crippen molar-refractivity contribution in [1.29, 1.82) is 0 Å². The van der Waals surface area contributed by atoms with Crippen molar-refractivity contribution in [3.8, 4) is 0 Å². The van der Waals surface area contributed by atoms with Gasteiger partial charge in [0, 0.05) is 34.9 Å². The van der Waals surface area contributed by atoms with Crippen LogP contribution in [0.2, 0.25) is 0 Å². The van der Waals surface area contributed by atoms with Gasteiger partial charge in [-0.15, -0.1) is 0 Å². The Balaban J connectivity index is 2.24. The zero-order valence-electron chi connectivity index (χ0n) is 14.0. The molecule has 0 saturated carbocycles. The Hall–Kier alpha value is -2.35. The molecule has 2 aromatic carbocycles. The second kappa shape index (κ2) is 6.41. The lowest BCUT2D eigenvalue weighted by Gasteiger charge is -2.11. The molecule has 3 heteroatoms. The molecule has 118 valence electrons. The zero-order chi connectivity index (χ0) is 16.4. The molecule has 3 nitrogen and oxygen atoms in total. The molecular weight excluding hydrogens is 284 g/mol. The van der Waals surface area contributed by atoms with Crippen LogP contribution in [0, 0.1) is 0 Å². The number of carbonyl (C=O) groups excluding carboxylic acids is 1. The topological polar surface area (TPSA) is 25.2 Å². The van der Waals surface area contributed by atoms with Gasteiger partial charge in [-0.1, -0.05) is 31.2 Å². The van der Waals surface area contributed by atoms with Crippen LogP contribution < -0.4 is 0 Å². The number of aromatic nitrogens is 1. The minimum Gasteiger partial charge on any atom is -0.340 e. The van der Waals surface area contributed by atoms with E-state index in [4.69, 9.17) is 0 Å². The summed E-state index contributed by atoms with van der Waals surface area (Å²) in [6.07, 6.45) is 1.09. The lowest BCUT2D eigenvalue weighted by molar-refractivity contribution is 0.462. The molecule has 23 heavy (non-hydrogen) atoms.